The molecule has 0 bridgehead atoms. The van der Waals surface area contributed by atoms with Gasteiger partial charge in [0.05, 0.1) is 5.75 Å². The standard InChI is InChI=1S/C16H19N3S/c1-12-4-2-3-5-15(12)20-11-16-18-9-13(10-19-16)8-17-14-6-7-14/h2-5,9-10,14,17H,6-8,11H2,1H3. The van der Waals surface area contributed by atoms with Crippen LogP contribution in [-0.4, -0.2) is 16.0 Å². The molecule has 0 amide bonds. The van der Waals surface area contributed by atoms with Gasteiger partial charge in [0.1, 0.15) is 5.82 Å². The molecule has 2 aromatic rings. The molecule has 1 aliphatic rings. The smallest absolute Gasteiger partial charge is 0.138 e. The SMILES string of the molecule is Cc1ccccc1SCc1ncc(CNC2CC2)cn1. The number of hydrogen-bond acceptors (Lipinski definition) is 4. The first kappa shape index (κ1) is 13.6. The maximum Gasteiger partial charge on any atom is 0.138 e. The summed E-state index contributed by atoms with van der Waals surface area (Å²) in [7, 11) is 0. The van der Waals surface area contributed by atoms with E-state index in [0.29, 0.717) is 0 Å². The van der Waals surface area contributed by atoms with Gasteiger partial charge in [0.25, 0.3) is 0 Å². The topological polar surface area (TPSA) is 37.8 Å². The lowest BCUT2D eigenvalue weighted by Crippen LogP contribution is -2.15. The fourth-order valence-electron chi connectivity index (χ4n) is 1.96. The first-order chi connectivity index (χ1) is 9.81. The van der Waals surface area contributed by atoms with Crippen molar-refractivity contribution in [2.75, 3.05) is 0 Å². The first-order valence-electron chi connectivity index (χ1n) is 7.03. The fourth-order valence-corrected chi connectivity index (χ4v) is 2.86. The Bertz CT molecular complexity index is 564. The summed E-state index contributed by atoms with van der Waals surface area (Å²) in [5.41, 5.74) is 2.48. The van der Waals surface area contributed by atoms with Gasteiger partial charge in [0.15, 0.2) is 0 Å². The van der Waals surface area contributed by atoms with Gasteiger partial charge in [-0.25, -0.2) is 9.97 Å². The minimum Gasteiger partial charge on any atom is -0.310 e. The first-order valence-corrected chi connectivity index (χ1v) is 8.01. The van der Waals surface area contributed by atoms with Gasteiger partial charge in [-0.05, 0) is 31.4 Å². The highest BCUT2D eigenvalue weighted by atomic mass is 32.2. The Morgan fingerprint density at radius 3 is 2.65 bits per heavy atom. The minimum absolute atomic E-state index is 0.728. The zero-order valence-electron chi connectivity index (χ0n) is 11.7. The Labute approximate surface area is 124 Å². The lowest BCUT2D eigenvalue weighted by atomic mass is 10.2. The average Bonchev–Trinajstić information content (AvgIpc) is 3.30. The number of aryl methyl sites for hydroxylation is 1. The van der Waals surface area contributed by atoms with E-state index in [1.54, 1.807) is 11.8 Å². The third-order valence-electron chi connectivity index (χ3n) is 3.38. The van der Waals surface area contributed by atoms with E-state index in [2.05, 4.69) is 46.5 Å². The number of rotatable bonds is 6. The number of nitrogens with one attached hydrogen (secondary N) is 1. The van der Waals surface area contributed by atoms with Crippen LogP contribution in [0.1, 0.15) is 29.8 Å². The molecule has 1 N–H and O–H groups in total. The van der Waals surface area contributed by atoms with E-state index in [-0.39, 0.29) is 0 Å². The summed E-state index contributed by atoms with van der Waals surface area (Å²) in [5, 5.41) is 3.47. The highest BCUT2D eigenvalue weighted by molar-refractivity contribution is 7.98. The van der Waals surface area contributed by atoms with Crippen LogP contribution in [0.3, 0.4) is 0 Å². The second kappa shape index (κ2) is 6.37. The van der Waals surface area contributed by atoms with Gasteiger partial charge in [-0.1, -0.05) is 18.2 Å². The molecule has 0 atom stereocenters. The molecule has 3 nitrogen and oxygen atoms in total. The molecule has 0 saturated heterocycles. The minimum atomic E-state index is 0.728. The Hall–Kier alpha value is -1.39. The summed E-state index contributed by atoms with van der Waals surface area (Å²) < 4.78 is 0. The molecule has 0 aliphatic heterocycles. The number of aromatic nitrogens is 2. The van der Waals surface area contributed by atoms with E-state index in [0.717, 1.165) is 24.2 Å². The van der Waals surface area contributed by atoms with Crippen LogP contribution in [0.4, 0.5) is 0 Å². The van der Waals surface area contributed by atoms with E-state index >= 15 is 0 Å². The van der Waals surface area contributed by atoms with Crippen molar-refractivity contribution in [1.82, 2.24) is 15.3 Å². The predicted molar refractivity (Wildman–Crippen MR) is 82.6 cm³/mol. The van der Waals surface area contributed by atoms with Gasteiger partial charge in [-0.3, -0.25) is 0 Å². The molecule has 1 aliphatic carbocycles. The fraction of sp³-hybridized carbons (Fsp3) is 0.375. The predicted octanol–water partition coefficient (Wildman–Crippen LogP) is 3.33. The molecule has 1 saturated carbocycles. The van der Waals surface area contributed by atoms with E-state index < -0.39 is 0 Å². The van der Waals surface area contributed by atoms with E-state index in [1.807, 2.05) is 12.4 Å². The van der Waals surface area contributed by atoms with Crippen molar-refractivity contribution in [2.24, 2.45) is 0 Å². The van der Waals surface area contributed by atoms with Gasteiger partial charge >= 0.3 is 0 Å². The molecule has 104 valence electrons. The zero-order chi connectivity index (χ0) is 13.8. The summed E-state index contributed by atoms with van der Waals surface area (Å²) >= 11 is 1.79. The van der Waals surface area contributed by atoms with Crippen LogP contribution >= 0.6 is 11.8 Å². The van der Waals surface area contributed by atoms with Crippen LogP contribution in [0, 0.1) is 6.92 Å². The average molecular weight is 285 g/mol. The van der Waals surface area contributed by atoms with Crippen molar-refractivity contribution < 1.29 is 0 Å². The maximum atomic E-state index is 4.45. The van der Waals surface area contributed by atoms with E-state index in [9.17, 15) is 0 Å². The number of hydrogen-bond donors (Lipinski definition) is 1. The Morgan fingerprint density at radius 1 is 1.20 bits per heavy atom. The van der Waals surface area contributed by atoms with Crippen LogP contribution in [0.5, 0.6) is 0 Å². The largest absolute Gasteiger partial charge is 0.310 e. The van der Waals surface area contributed by atoms with E-state index in [1.165, 1.54) is 28.9 Å². The number of thioether (sulfide) groups is 1. The van der Waals surface area contributed by atoms with Gasteiger partial charge in [0, 0.05) is 35.4 Å². The second-order valence-corrected chi connectivity index (χ2v) is 6.23. The monoisotopic (exact) mass is 285 g/mol. The molecule has 0 radical (unpaired) electrons. The van der Waals surface area contributed by atoms with Crippen molar-refractivity contribution in [3.63, 3.8) is 0 Å². The molecule has 4 heteroatoms. The van der Waals surface area contributed by atoms with Crippen LogP contribution in [-0.2, 0) is 12.3 Å². The Kier molecular flexibility index (Phi) is 4.33. The maximum absolute atomic E-state index is 4.45. The summed E-state index contributed by atoms with van der Waals surface area (Å²) in [5.74, 6) is 1.72. The molecule has 1 aromatic heterocycles. The van der Waals surface area contributed by atoms with Crippen molar-refractivity contribution in [3.05, 3.63) is 53.6 Å². The Balaban J connectivity index is 1.53. The lowest BCUT2D eigenvalue weighted by Gasteiger charge is -2.05. The molecule has 3 rings (SSSR count). The number of benzene rings is 1. The highest BCUT2D eigenvalue weighted by Gasteiger charge is 2.19. The van der Waals surface area contributed by atoms with Gasteiger partial charge in [-0.2, -0.15) is 0 Å². The summed E-state index contributed by atoms with van der Waals surface area (Å²) in [6.45, 7) is 3.02. The van der Waals surface area contributed by atoms with Gasteiger partial charge in [-0.15, -0.1) is 11.8 Å². The molecule has 0 unspecified atom stereocenters. The van der Waals surface area contributed by atoms with E-state index in [4.69, 9.17) is 0 Å². The summed E-state index contributed by atoms with van der Waals surface area (Å²) in [6.07, 6.45) is 6.50. The van der Waals surface area contributed by atoms with Crippen LogP contribution in [0.25, 0.3) is 0 Å². The van der Waals surface area contributed by atoms with Crippen LogP contribution < -0.4 is 5.32 Å². The normalized spacial score (nSPS) is 14.4. The molecular weight excluding hydrogens is 266 g/mol. The van der Waals surface area contributed by atoms with Crippen molar-refractivity contribution in [3.8, 4) is 0 Å². The van der Waals surface area contributed by atoms with Gasteiger partial charge < -0.3 is 5.32 Å². The summed E-state index contributed by atoms with van der Waals surface area (Å²) in [4.78, 5) is 10.2. The van der Waals surface area contributed by atoms with Gasteiger partial charge in [0.2, 0.25) is 0 Å². The lowest BCUT2D eigenvalue weighted by molar-refractivity contribution is 0.682. The van der Waals surface area contributed by atoms with Crippen LogP contribution in [0.2, 0.25) is 0 Å². The zero-order valence-corrected chi connectivity index (χ0v) is 12.5. The van der Waals surface area contributed by atoms with Crippen molar-refractivity contribution in [1.29, 1.82) is 0 Å². The third-order valence-corrected chi connectivity index (χ3v) is 4.55. The summed E-state index contributed by atoms with van der Waals surface area (Å²) in [6, 6.07) is 9.15. The number of nitrogens with zero attached hydrogens (tertiary/aromatic N) is 2. The Morgan fingerprint density at radius 2 is 1.95 bits per heavy atom. The molecule has 20 heavy (non-hydrogen) atoms. The van der Waals surface area contributed by atoms with Crippen molar-refractivity contribution in [2.45, 2.75) is 43.0 Å². The van der Waals surface area contributed by atoms with Crippen LogP contribution in [0.15, 0.2) is 41.6 Å². The molecule has 1 fully saturated rings. The molecular formula is C16H19N3S. The molecule has 1 aromatic carbocycles. The third kappa shape index (κ3) is 3.81. The quantitative estimate of drug-likeness (QED) is 0.826. The molecule has 0 spiro atoms. The second-order valence-electron chi connectivity index (χ2n) is 5.22. The molecule has 1 heterocycles. The van der Waals surface area contributed by atoms with Crippen molar-refractivity contribution >= 4 is 11.8 Å². The highest BCUT2D eigenvalue weighted by Crippen LogP contribution is 2.24.